The van der Waals surface area contributed by atoms with Crippen molar-refractivity contribution >= 4 is 11.8 Å². The molecule has 2 amide bonds. The van der Waals surface area contributed by atoms with Gasteiger partial charge in [0.25, 0.3) is 0 Å². The van der Waals surface area contributed by atoms with Gasteiger partial charge in [-0.25, -0.2) is 0 Å². The summed E-state index contributed by atoms with van der Waals surface area (Å²) >= 11 is 0. The van der Waals surface area contributed by atoms with Crippen LogP contribution in [0.3, 0.4) is 0 Å². The molecular weight excluding hydrogens is 356 g/mol. The Morgan fingerprint density at radius 3 is 2.04 bits per heavy atom. The van der Waals surface area contributed by atoms with Crippen LogP contribution < -0.4 is 9.47 Å². The molecule has 28 heavy (non-hydrogen) atoms. The summed E-state index contributed by atoms with van der Waals surface area (Å²) in [7, 11) is 3.23. The minimum absolute atomic E-state index is 0.0532. The van der Waals surface area contributed by atoms with Gasteiger partial charge in [-0.1, -0.05) is 6.92 Å². The number of amides is 2. The van der Waals surface area contributed by atoms with Crippen LogP contribution in [-0.4, -0.2) is 55.5 Å². The Bertz CT molecular complexity index is 751. The second kappa shape index (κ2) is 8.02. The maximum Gasteiger partial charge on any atom is 0.238 e. The smallest absolute Gasteiger partial charge is 0.238 e. The molecule has 154 valence electrons. The maximum absolute atomic E-state index is 13.3. The number of carbonyl (C=O) groups excluding carboxylic acids is 2. The van der Waals surface area contributed by atoms with Crippen molar-refractivity contribution in [2.24, 2.45) is 11.3 Å². The lowest BCUT2D eigenvalue weighted by Crippen LogP contribution is -2.53. The molecule has 0 saturated carbocycles. The van der Waals surface area contributed by atoms with Crippen LogP contribution in [0.25, 0.3) is 0 Å². The minimum atomic E-state index is -1.05. The molecular formula is C22H32N2O4. The maximum atomic E-state index is 13.3. The van der Waals surface area contributed by atoms with Gasteiger partial charge in [-0.05, 0) is 62.3 Å². The van der Waals surface area contributed by atoms with E-state index in [4.69, 9.17) is 9.47 Å². The zero-order valence-corrected chi connectivity index (χ0v) is 17.7. The number of methoxy groups -OCH3 is 2. The zero-order valence-electron chi connectivity index (χ0n) is 17.7. The first-order valence-electron chi connectivity index (χ1n) is 10.1. The number of piperidine rings is 1. The fraction of sp³-hybridized carbons (Fsp3) is 0.636. The van der Waals surface area contributed by atoms with Gasteiger partial charge in [-0.2, -0.15) is 0 Å². The van der Waals surface area contributed by atoms with Gasteiger partial charge < -0.3 is 19.3 Å². The molecule has 1 fully saturated rings. The van der Waals surface area contributed by atoms with Gasteiger partial charge in [-0.3, -0.25) is 9.59 Å². The molecule has 2 aliphatic rings. The van der Waals surface area contributed by atoms with Crippen LogP contribution in [0, 0.1) is 11.3 Å². The van der Waals surface area contributed by atoms with Gasteiger partial charge in [-0.15, -0.1) is 0 Å². The van der Waals surface area contributed by atoms with Gasteiger partial charge in [0.1, 0.15) is 5.41 Å². The fourth-order valence-electron chi connectivity index (χ4n) is 4.15. The van der Waals surface area contributed by atoms with E-state index in [0.29, 0.717) is 30.5 Å². The van der Waals surface area contributed by atoms with E-state index in [1.54, 1.807) is 33.0 Å². The summed E-state index contributed by atoms with van der Waals surface area (Å²) in [5.41, 5.74) is 1.16. The summed E-state index contributed by atoms with van der Waals surface area (Å²) in [6.07, 6.45) is 2.76. The monoisotopic (exact) mass is 388 g/mol. The van der Waals surface area contributed by atoms with Crippen molar-refractivity contribution in [2.45, 2.75) is 46.6 Å². The van der Waals surface area contributed by atoms with Gasteiger partial charge in [0.05, 0.1) is 14.2 Å². The van der Waals surface area contributed by atoms with Crippen molar-refractivity contribution < 1.29 is 19.1 Å². The van der Waals surface area contributed by atoms with Crippen molar-refractivity contribution in [3.05, 3.63) is 23.3 Å². The average Bonchev–Trinajstić information content (AvgIpc) is 2.71. The molecule has 0 atom stereocenters. The van der Waals surface area contributed by atoms with E-state index in [0.717, 1.165) is 43.5 Å². The van der Waals surface area contributed by atoms with Crippen LogP contribution in [0.15, 0.2) is 12.1 Å². The molecule has 1 aromatic carbocycles. The van der Waals surface area contributed by atoms with Crippen molar-refractivity contribution in [1.82, 2.24) is 9.80 Å². The number of carbonyl (C=O) groups is 2. The van der Waals surface area contributed by atoms with E-state index in [2.05, 4.69) is 6.92 Å². The zero-order chi connectivity index (χ0) is 20.5. The number of fused-ring (bicyclic) bond motifs is 1. The average molecular weight is 389 g/mol. The molecule has 2 aliphatic heterocycles. The normalized spacial score (nSPS) is 17.9. The first-order valence-corrected chi connectivity index (χ1v) is 10.1. The minimum Gasteiger partial charge on any atom is -0.493 e. The molecule has 1 saturated heterocycles. The van der Waals surface area contributed by atoms with Gasteiger partial charge in [0.15, 0.2) is 11.5 Å². The van der Waals surface area contributed by atoms with Crippen molar-refractivity contribution in [1.29, 1.82) is 0 Å². The molecule has 0 aromatic heterocycles. The second-order valence-electron chi connectivity index (χ2n) is 8.55. The largest absolute Gasteiger partial charge is 0.493 e. The molecule has 2 heterocycles. The third kappa shape index (κ3) is 3.82. The third-order valence-corrected chi connectivity index (χ3v) is 6.15. The summed E-state index contributed by atoms with van der Waals surface area (Å²) < 4.78 is 10.8. The third-order valence-electron chi connectivity index (χ3n) is 6.15. The molecule has 0 radical (unpaired) electrons. The molecule has 6 nitrogen and oxygen atoms in total. The Kier molecular flexibility index (Phi) is 5.87. The number of benzene rings is 1. The SMILES string of the molecule is COc1cc2c(cc1OC)CN(C(=O)C(C)(C)C(=O)N1CCC(C)CC1)CC2. The molecule has 0 spiro atoms. The predicted octanol–water partition coefficient (Wildman–Crippen LogP) is 2.87. The lowest BCUT2D eigenvalue weighted by molar-refractivity contribution is -0.155. The van der Waals surface area contributed by atoms with Gasteiger partial charge >= 0.3 is 0 Å². The first-order chi connectivity index (χ1) is 13.3. The van der Waals surface area contributed by atoms with E-state index in [9.17, 15) is 9.59 Å². The van der Waals surface area contributed by atoms with Crippen molar-refractivity contribution in [3.8, 4) is 11.5 Å². The van der Waals surface area contributed by atoms with Crippen molar-refractivity contribution in [2.75, 3.05) is 33.9 Å². The molecule has 6 heteroatoms. The Labute approximate surface area is 167 Å². The fourth-order valence-corrected chi connectivity index (χ4v) is 4.15. The Morgan fingerprint density at radius 2 is 1.46 bits per heavy atom. The molecule has 0 unspecified atom stereocenters. The Hall–Kier alpha value is -2.24. The highest BCUT2D eigenvalue weighted by molar-refractivity contribution is 6.04. The van der Waals surface area contributed by atoms with Crippen LogP contribution in [0.4, 0.5) is 0 Å². The van der Waals surface area contributed by atoms with E-state index in [1.807, 2.05) is 17.0 Å². The molecule has 0 N–H and O–H groups in total. The van der Waals surface area contributed by atoms with E-state index in [1.165, 1.54) is 0 Å². The van der Waals surface area contributed by atoms with E-state index < -0.39 is 5.41 Å². The summed E-state index contributed by atoms with van der Waals surface area (Å²) in [6.45, 7) is 8.33. The summed E-state index contributed by atoms with van der Waals surface area (Å²) in [4.78, 5) is 30.0. The van der Waals surface area contributed by atoms with Crippen LogP contribution in [0.2, 0.25) is 0 Å². The molecule has 1 aromatic rings. The number of hydrogen-bond acceptors (Lipinski definition) is 4. The highest BCUT2D eigenvalue weighted by Crippen LogP contribution is 2.35. The summed E-state index contributed by atoms with van der Waals surface area (Å²) in [6, 6.07) is 3.93. The molecule has 3 rings (SSSR count). The van der Waals surface area contributed by atoms with E-state index in [-0.39, 0.29) is 11.8 Å². The number of rotatable bonds is 4. The predicted molar refractivity (Wildman–Crippen MR) is 107 cm³/mol. The first kappa shape index (κ1) is 20.5. The van der Waals surface area contributed by atoms with Crippen LogP contribution >= 0.6 is 0 Å². The molecule has 0 aliphatic carbocycles. The Morgan fingerprint density at radius 1 is 0.929 bits per heavy atom. The second-order valence-corrected chi connectivity index (χ2v) is 8.55. The van der Waals surface area contributed by atoms with Crippen LogP contribution in [-0.2, 0) is 22.6 Å². The molecule has 0 bridgehead atoms. The number of hydrogen-bond donors (Lipinski definition) is 0. The van der Waals surface area contributed by atoms with Gasteiger partial charge in [0.2, 0.25) is 11.8 Å². The summed E-state index contributed by atoms with van der Waals surface area (Å²) in [5, 5.41) is 0. The quantitative estimate of drug-likeness (QED) is 0.744. The topological polar surface area (TPSA) is 59.1 Å². The highest BCUT2D eigenvalue weighted by atomic mass is 16.5. The highest BCUT2D eigenvalue weighted by Gasteiger charge is 2.43. The lowest BCUT2D eigenvalue weighted by atomic mass is 9.86. The number of ether oxygens (including phenoxy) is 2. The Balaban J connectivity index is 1.75. The van der Waals surface area contributed by atoms with Crippen molar-refractivity contribution in [3.63, 3.8) is 0 Å². The number of nitrogens with zero attached hydrogens (tertiary/aromatic N) is 2. The standard InChI is InChI=1S/C22H32N2O4/c1-15-6-9-23(10-7-15)20(25)22(2,3)21(26)24-11-8-16-12-18(27-4)19(28-5)13-17(16)14-24/h12-13,15H,6-11,14H2,1-5H3. The van der Waals surface area contributed by atoms with Crippen LogP contribution in [0.1, 0.15) is 44.7 Å². The van der Waals surface area contributed by atoms with Crippen LogP contribution in [0.5, 0.6) is 11.5 Å². The lowest BCUT2D eigenvalue weighted by Gasteiger charge is -2.39. The number of likely N-dealkylation sites (tertiary alicyclic amines) is 1. The van der Waals surface area contributed by atoms with E-state index >= 15 is 0 Å². The van der Waals surface area contributed by atoms with Gasteiger partial charge in [0, 0.05) is 26.2 Å². The summed E-state index contributed by atoms with van der Waals surface area (Å²) in [5.74, 6) is 1.86.